The predicted molar refractivity (Wildman–Crippen MR) is 101 cm³/mol. The Morgan fingerprint density at radius 2 is 1.93 bits per heavy atom. The minimum absolute atomic E-state index is 0.261. The minimum Gasteiger partial charge on any atom is -0.309 e. The molecule has 2 aromatic heterocycles. The molecule has 0 bridgehead atoms. The zero-order valence-electron chi connectivity index (χ0n) is 13.9. The normalized spacial score (nSPS) is 10.6. The summed E-state index contributed by atoms with van der Waals surface area (Å²) < 4.78 is 3.56. The van der Waals surface area contributed by atoms with Crippen molar-refractivity contribution in [1.82, 2.24) is 14.3 Å². The number of anilines is 1. The van der Waals surface area contributed by atoms with E-state index in [2.05, 4.69) is 26.3 Å². The number of aromatic nitrogens is 3. The predicted octanol–water partition coefficient (Wildman–Crippen LogP) is 2.40. The number of hydrogen-bond donors (Lipinski definition) is 1. The molecular weight excluding hydrogens is 418 g/mol. The first-order valence-electron chi connectivity index (χ1n) is 7.83. The molecule has 0 spiro atoms. The summed E-state index contributed by atoms with van der Waals surface area (Å²) in [4.78, 5) is 34.3. The van der Waals surface area contributed by atoms with Crippen LogP contribution in [0.4, 0.5) is 11.5 Å². The van der Waals surface area contributed by atoms with Crippen LogP contribution < -0.4 is 10.9 Å². The number of nitrogens with one attached hydrogen (secondary N) is 1. The zero-order chi connectivity index (χ0) is 19.4. The summed E-state index contributed by atoms with van der Waals surface area (Å²) in [5, 5.41) is 17.7. The van der Waals surface area contributed by atoms with Gasteiger partial charge in [-0.2, -0.15) is 5.10 Å². The summed E-state index contributed by atoms with van der Waals surface area (Å²) in [5.74, 6) is -0.0310. The Hall–Kier alpha value is -3.27. The van der Waals surface area contributed by atoms with Gasteiger partial charge < -0.3 is 5.32 Å². The third kappa shape index (κ3) is 4.67. The summed E-state index contributed by atoms with van der Waals surface area (Å²) in [6.45, 7) is 0.108. The molecule has 138 valence electrons. The molecule has 0 radical (unpaired) electrons. The van der Waals surface area contributed by atoms with E-state index in [0.717, 1.165) is 32.9 Å². The molecule has 0 fully saturated rings. The van der Waals surface area contributed by atoms with Gasteiger partial charge in [-0.15, -0.1) is 0 Å². The van der Waals surface area contributed by atoms with E-state index in [1.165, 1.54) is 0 Å². The van der Waals surface area contributed by atoms with Crippen LogP contribution in [0, 0.1) is 10.1 Å². The maximum atomic E-state index is 12.3. The molecule has 0 aliphatic heterocycles. The fourth-order valence-corrected chi connectivity index (χ4v) is 2.68. The van der Waals surface area contributed by atoms with Gasteiger partial charge in [0, 0.05) is 22.7 Å². The molecule has 0 saturated carbocycles. The van der Waals surface area contributed by atoms with Crippen molar-refractivity contribution in [3.63, 3.8) is 0 Å². The largest absolute Gasteiger partial charge is 0.309 e. The number of pyridine rings is 1. The number of benzene rings is 1. The van der Waals surface area contributed by atoms with E-state index < -0.39 is 16.4 Å². The van der Waals surface area contributed by atoms with Crippen molar-refractivity contribution in [2.75, 3.05) is 5.32 Å². The lowest BCUT2D eigenvalue weighted by Crippen LogP contribution is -2.27. The SMILES string of the molecule is O=C(Cn1cc([N+](=O)[O-])ccc1=O)Nc1ccnn1Cc1ccc(Br)cc1. The second-order valence-electron chi connectivity index (χ2n) is 5.66. The van der Waals surface area contributed by atoms with E-state index in [9.17, 15) is 19.7 Å². The molecule has 1 amide bonds. The minimum atomic E-state index is -0.624. The Morgan fingerprint density at radius 1 is 1.19 bits per heavy atom. The molecule has 2 heterocycles. The van der Waals surface area contributed by atoms with Gasteiger partial charge in [0.15, 0.2) is 0 Å². The number of carbonyl (C=O) groups excluding carboxylic acids is 1. The quantitative estimate of drug-likeness (QED) is 0.475. The van der Waals surface area contributed by atoms with Crippen LogP contribution in [0.3, 0.4) is 0 Å². The van der Waals surface area contributed by atoms with Crippen molar-refractivity contribution in [3.05, 3.63) is 85.4 Å². The van der Waals surface area contributed by atoms with E-state index in [0.29, 0.717) is 12.4 Å². The Balaban J connectivity index is 1.71. The maximum absolute atomic E-state index is 12.3. The smallest absolute Gasteiger partial charge is 0.285 e. The van der Waals surface area contributed by atoms with Crippen molar-refractivity contribution in [2.45, 2.75) is 13.1 Å². The molecular formula is C17H14BrN5O4. The molecule has 10 heteroatoms. The lowest BCUT2D eigenvalue weighted by Gasteiger charge is -2.10. The van der Waals surface area contributed by atoms with Gasteiger partial charge in [-0.3, -0.25) is 24.3 Å². The molecule has 0 unspecified atom stereocenters. The standard InChI is InChI=1S/C17H14BrN5O4/c18-13-3-1-12(2-4-13)9-22-15(7-8-19-22)20-16(24)11-21-10-14(23(26)27)5-6-17(21)25/h1-8,10H,9,11H2,(H,20,24). The van der Waals surface area contributed by atoms with Crippen molar-refractivity contribution in [3.8, 4) is 0 Å². The Labute approximate surface area is 161 Å². The highest BCUT2D eigenvalue weighted by Gasteiger charge is 2.12. The first-order chi connectivity index (χ1) is 12.9. The van der Waals surface area contributed by atoms with Crippen molar-refractivity contribution >= 4 is 33.3 Å². The summed E-state index contributed by atoms with van der Waals surface area (Å²) in [6, 6.07) is 11.5. The van der Waals surface area contributed by atoms with E-state index in [1.54, 1.807) is 16.9 Å². The average molecular weight is 432 g/mol. The van der Waals surface area contributed by atoms with E-state index in [1.807, 2.05) is 24.3 Å². The molecule has 3 aromatic rings. The van der Waals surface area contributed by atoms with Crippen molar-refractivity contribution in [1.29, 1.82) is 0 Å². The summed E-state index contributed by atoms with van der Waals surface area (Å²) in [6.07, 6.45) is 2.59. The number of amides is 1. The van der Waals surface area contributed by atoms with Crippen LogP contribution in [0.1, 0.15) is 5.56 Å². The molecule has 27 heavy (non-hydrogen) atoms. The topological polar surface area (TPSA) is 112 Å². The number of nitro groups is 1. The van der Waals surface area contributed by atoms with Gasteiger partial charge in [0.05, 0.1) is 23.9 Å². The number of carbonyl (C=O) groups is 1. The molecule has 0 atom stereocenters. The van der Waals surface area contributed by atoms with Gasteiger partial charge in [-0.1, -0.05) is 28.1 Å². The van der Waals surface area contributed by atoms with Crippen LogP contribution in [0.2, 0.25) is 0 Å². The van der Waals surface area contributed by atoms with E-state index in [4.69, 9.17) is 0 Å². The fraction of sp³-hybridized carbons (Fsp3) is 0.118. The molecule has 0 saturated heterocycles. The van der Waals surface area contributed by atoms with Crippen LogP contribution >= 0.6 is 15.9 Å². The molecule has 1 N–H and O–H groups in total. The van der Waals surface area contributed by atoms with Gasteiger partial charge in [0.1, 0.15) is 12.4 Å². The molecule has 1 aromatic carbocycles. The molecule has 3 rings (SSSR count). The molecule has 9 nitrogen and oxygen atoms in total. The van der Waals surface area contributed by atoms with Crippen LogP contribution in [0.15, 0.2) is 64.1 Å². The van der Waals surface area contributed by atoms with E-state index >= 15 is 0 Å². The van der Waals surface area contributed by atoms with Crippen LogP contribution in [-0.2, 0) is 17.9 Å². The number of hydrogen-bond acceptors (Lipinski definition) is 5. The highest BCUT2D eigenvalue weighted by molar-refractivity contribution is 9.10. The van der Waals surface area contributed by atoms with Gasteiger partial charge in [-0.05, 0) is 17.7 Å². The zero-order valence-corrected chi connectivity index (χ0v) is 15.5. The maximum Gasteiger partial charge on any atom is 0.285 e. The van der Waals surface area contributed by atoms with E-state index in [-0.39, 0.29) is 12.2 Å². The van der Waals surface area contributed by atoms with Gasteiger partial charge in [0.2, 0.25) is 5.91 Å². The Morgan fingerprint density at radius 3 is 2.63 bits per heavy atom. The molecule has 0 aliphatic rings. The number of nitrogens with zero attached hydrogens (tertiary/aromatic N) is 4. The summed E-state index contributed by atoms with van der Waals surface area (Å²) in [7, 11) is 0. The third-order valence-electron chi connectivity index (χ3n) is 3.72. The lowest BCUT2D eigenvalue weighted by molar-refractivity contribution is -0.385. The third-order valence-corrected chi connectivity index (χ3v) is 4.25. The van der Waals surface area contributed by atoms with Crippen LogP contribution in [-0.4, -0.2) is 25.2 Å². The summed E-state index contributed by atoms with van der Waals surface area (Å²) in [5.41, 5.74) is 0.231. The Bertz CT molecular complexity index is 1040. The highest BCUT2D eigenvalue weighted by Crippen LogP contribution is 2.14. The lowest BCUT2D eigenvalue weighted by atomic mass is 10.2. The first-order valence-corrected chi connectivity index (χ1v) is 8.62. The number of halogens is 1. The van der Waals surface area contributed by atoms with Gasteiger partial charge >= 0.3 is 0 Å². The van der Waals surface area contributed by atoms with Crippen molar-refractivity contribution < 1.29 is 9.72 Å². The van der Waals surface area contributed by atoms with Crippen LogP contribution in [0.25, 0.3) is 0 Å². The summed E-state index contributed by atoms with van der Waals surface area (Å²) >= 11 is 3.37. The second-order valence-corrected chi connectivity index (χ2v) is 6.57. The second kappa shape index (κ2) is 7.96. The van der Waals surface area contributed by atoms with Gasteiger partial charge in [-0.25, -0.2) is 4.68 Å². The average Bonchev–Trinajstić information content (AvgIpc) is 3.05. The van der Waals surface area contributed by atoms with Crippen molar-refractivity contribution in [2.24, 2.45) is 0 Å². The number of rotatable bonds is 6. The van der Waals surface area contributed by atoms with Crippen LogP contribution in [0.5, 0.6) is 0 Å². The fourth-order valence-electron chi connectivity index (χ4n) is 2.41. The first kappa shape index (κ1) is 18.5. The van der Waals surface area contributed by atoms with Gasteiger partial charge in [0.25, 0.3) is 11.2 Å². The Kier molecular flexibility index (Phi) is 5.46. The molecule has 0 aliphatic carbocycles. The monoisotopic (exact) mass is 431 g/mol. The highest BCUT2D eigenvalue weighted by atomic mass is 79.9.